The van der Waals surface area contributed by atoms with Gasteiger partial charge in [-0.05, 0) is 12.8 Å². The molecule has 182 valence electrons. The molecular weight excluding hydrogens is 382 g/mol. The number of quaternary nitrogens is 1. The molecule has 6 nitrogen and oxygen atoms in total. The van der Waals surface area contributed by atoms with Crippen molar-refractivity contribution in [3.8, 4) is 0 Å². The Kier molecular flexibility index (Phi) is 23.2. The number of aliphatic hydroxyl groups excluding tert-OH is 2. The Morgan fingerprint density at radius 1 is 0.500 bits per heavy atom. The third-order valence-corrected chi connectivity index (χ3v) is 5.70. The van der Waals surface area contributed by atoms with Gasteiger partial charge in [-0.3, -0.25) is 0 Å². The van der Waals surface area contributed by atoms with Gasteiger partial charge >= 0.3 is 0 Å². The molecule has 0 fully saturated rings. The van der Waals surface area contributed by atoms with E-state index in [1.54, 1.807) is 0 Å². The van der Waals surface area contributed by atoms with E-state index in [0.29, 0.717) is 39.6 Å². The molecule has 0 aromatic carbocycles. The van der Waals surface area contributed by atoms with Crippen LogP contribution in [-0.2, 0) is 14.2 Å². The Morgan fingerprint density at radius 3 is 1.37 bits per heavy atom. The van der Waals surface area contributed by atoms with Gasteiger partial charge in [-0.1, -0.05) is 64.7 Å². The Hall–Kier alpha value is -0.240. The number of ether oxygens (including phenoxy) is 3. The molecule has 0 radical (unpaired) electrons. The van der Waals surface area contributed by atoms with Crippen LogP contribution in [0.1, 0.15) is 77.6 Å². The topological polar surface area (TPSA) is 68.2 Å². The third kappa shape index (κ3) is 21.0. The highest BCUT2D eigenvalue weighted by atomic mass is 16.5. The predicted octanol–water partition coefficient (Wildman–Crippen LogP) is 3.78. The predicted molar refractivity (Wildman–Crippen MR) is 124 cm³/mol. The first-order chi connectivity index (χ1) is 14.7. The number of rotatable bonds is 25. The van der Waals surface area contributed by atoms with Crippen molar-refractivity contribution in [2.75, 3.05) is 79.5 Å². The Balaban J connectivity index is 3.87. The molecule has 0 saturated carbocycles. The van der Waals surface area contributed by atoms with Crippen LogP contribution in [0.4, 0.5) is 0 Å². The molecule has 1 unspecified atom stereocenters. The molecule has 0 amide bonds. The third-order valence-electron chi connectivity index (χ3n) is 5.70. The highest BCUT2D eigenvalue weighted by Crippen LogP contribution is 2.13. The van der Waals surface area contributed by atoms with Crippen LogP contribution < -0.4 is 0 Å². The fraction of sp³-hybridized carbons (Fsp3) is 1.00. The van der Waals surface area contributed by atoms with Crippen LogP contribution in [0, 0.1) is 0 Å². The molecule has 0 aliphatic rings. The summed E-state index contributed by atoms with van der Waals surface area (Å²) in [5, 5.41) is 17.6. The van der Waals surface area contributed by atoms with E-state index in [9.17, 15) is 0 Å². The molecule has 0 aliphatic carbocycles. The average molecular weight is 435 g/mol. The lowest BCUT2D eigenvalue weighted by Gasteiger charge is -2.34. The van der Waals surface area contributed by atoms with Gasteiger partial charge in [0.05, 0.1) is 66.4 Å². The van der Waals surface area contributed by atoms with Gasteiger partial charge in [0.25, 0.3) is 0 Å². The van der Waals surface area contributed by atoms with Crippen LogP contribution in [0.2, 0.25) is 0 Å². The highest BCUT2D eigenvalue weighted by Gasteiger charge is 2.20. The number of unbranched alkanes of at least 4 members (excludes halogenated alkanes) is 10. The molecule has 6 heteroatoms. The van der Waals surface area contributed by atoms with E-state index >= 15 is 0 Å². The van der Waals surface area contributed by atoms with Gasteiger partial charge in [-0.2, -0.15) is 0 Å². The van der Waals surface area contributed by atoms with Crippen LogP contribution in [-0.4, -0.2) is 94.2 Å². The van der Waals surface area contributed by atoms with Crippen LogP contribution in [0.5, 0.6) is 0 Å². The summed E-state index contributed by atoms with van der Waals surface area (Å²) in [6.07, 6.45) is 15.0. The lowest BCUT2D eigenvalue weighted by Crippen LogP contribution is -2.49. The van der Waals surface area contributed by atoms with Crippen molar-refractivity contribution in [1.29, 1.82) is 0 Å². The zero-order valence-corrected chi connectivity index (χ0v) is 20.1. The second-order valence-electron chi connectivity index (χ2n) is 8.61. The number of hydrogen-bond acceptors (Lipinski definition) is 5. The smallest absolute Gasteiger partial charge is 0.102 e. The van der Waals surface area contributed by atoms with Gasteiger partial charge < -0.3 is 28.9 Å². The average Bonchev–Trinajstić information content (AvgIpc) is 2.74. The van der Waals surface area contributed by atoms with Gasteiger partial charge in [0.15, 0.2) is 0 Å². The van der Waals surface area contributed by atoms with Crippen molar-refractivity contribution >= 4 is 0 Å². The first-order valence-electron chi connectivity index (χ1n) is 12.5. The summed E-state index contributed by atoms with van der Waals surface area (Å²) < 4.78 is 17.4. The minimum Gasteiger partial charge on any atom is -0.394 e. The Bertz CT molecular complexity index is 333. The summed E-state index contributed by atoms with van der Waals surface area (Å²) in [5.74, 6) is 0. The minimum atomic E-state index is 0.0573. The summed E-state index contributed by atoms with van der Waals surface area (Å²) in [4.78, 5) is 0. The largest absolute Gasteiger partial charge is 0.394 e. The number of nitrogens with zero attached hydrogens (tertiary/aromatic N) is 1. The molecule has 0 spiro atoms. The van der Waals surface area contributed by atoms with E-state index in [-0.39, 0.29) is 13.2 Å². The molecule has 0 bridgehead atoms. The second kappa shape index (κ2) is 23.4. The van der Waals surface area contributed by atoms with Crippen molar-refractivity contribution in [3.63, 3.8) is 0 Å². The molecule has 0 saturated heterocycles. The Labute approximate surface area is 186 Å². The van der Waals surface area contributed by atoms with Crippen LogP contribution >= 0.6 is 0 Å². The summed E-state index contributed by atoms with van der Waals surface area (Å²) in [6.45, 7) is 8.73. The highest BCUT2D eigenvalue weighted by molar-refractivity contribution is 4.49. The van der Waals surface area contributed by atoms with Gasteiger partial charge in [-0.25, -0.2) is 0 Å². The number of hydrogen-bond donors (Lipinski definition) is 2. The summed E-state index contributed by atoms with van der Waals surface area (Å²) in [5.41, 5.74) is 0. The maximum atomic E-state index is 8.90. The molecule has 0 heterocycles. The first-order valence-corrected chi connectivity index (χ1v) is 12.5. The molecule has 0 rings (SSSR count). The van der Waals surface area contributed by atoms with Gasteiger partial charge in [0.2, 0.25) is 0 Å². The normalized spacial score (nSPS) is 13.6. The van der Waals surface area contributed by atoms with Gasteiger partial charge in [-0.15, -0.1) is 0 Å². The van der Waals surface area contributed by atoms with E-state index in [1.165, 1.54) is 70.6 Å². The van der Waals surface area contributed by atoms with Crippen LogP contribution in [0.15, 0.2) is 0 Å². The Morgan fingerprint density at radius 2 is 0.900 bits per heavy atom. The van der Waals surface area contributed by atoms with Crippen LogP contribution in [0.25, 0.3) is 0 Å². The van der Waals surface area contributed by atoms with E-state index in [1.807, 2.05) is 0 Å². The lowest BCUT2D eigenvalue weighted by atomic mass is 10.1. The zero-order valence-electron chi connectivity index (χ0n) is 20.1. The van der Waals surface area contributed by atoms with Gasteiger partial charge in [0.1, 0.15) is 13.1 Å². The SMILES string of the molecule is CCCCCCCCCCCCC[N+](C)(CCOCCO)CCOCCOCCO. The molecule has 0 aliphatic heterocycles. The maximum Gasteiger partial charge on any atom is 0.102 e. The maximum absolute atomic E-state index is 8.90. The summed E-state index contributed by atoms with van der Waals surface area (Å²) in [6, 6.07) is 0. The molecular formula is C24H52NO5+. The summed E-state index contributed by atoms with van der Waals surface area (Å²) in [7, 11) is 2.28. The molecule has 30 heavy (non-hydrogen) atoms. The summed E-state index contributed by atoms with van der Waals surface area (Å²) >= 11 is 0. The molecule has 2 N–H and O–H groups in total. The fourth-order valence-electron chi connectivity index (χ4n) is 3.62. The lowest BCUT2D eigenvalue weighted by molar-refractivity contribution is -0.910. The minimum absolute atomic E-state index is 0.0573. The number of aliphatic hydroxyl groups is 2. The quantitative estimate of drug-likeness (QED) is 0.169. The monoisotopic (exact) mass is 434 g/mol. The van der Waals surface area contributed by atoms with E-state index < -0.39 is 0 Å². The van der Waals surface area contributed by atoms with Crippen molar-refractivity contribution in [1.82, 2.24) is 0 Å². The van der Waals surface area contributed by atoms with E-state index in [4.69, 9.17) is 24.4 Å². The van der Waals surface area contributed by atoms with Crippen molar-refractivity contribution in [2.45, 2.75) is 77.6 Å². The first kappa shape index (κ1) is 29.8. The van der Waals surface area contributed by atoms with Crippen molar-refractivity contribution < 1.29 is 28.9 Å². The molecule has 0 aromatic heterocycles. The standard InChI is InChI=1S/C24H52NO5/c1-3-4-5-6-7-8-9-10-11-12-13-14-25(2,15-19-28-21-17-26)16-20-29-23-24-30-22-18-27/h26-27H,3-24H2,1-2H3/q+1. The van der Waals surface area contributed by atoms with Gasteiger partial charge in [0, 0.05) is 0 Å². The molecule has 0 aromatic rings. The van der Waals surface area contributed by atoms with E-state index in [2.05, 4.69) is 14.0 Å². The number of likely N-dealkylation sites (N-methyl/N-ethyl adjacent to an activating group) is 1. The van der Waals surface area contributed by atoms with E-state index in [0.717, 1.165) is 24.1 Å². The van der Waals surface area contributed by atoms with Crippen molar-refractivity contribution in [2.24, 2.45) is 0 Å². The van der Waals surface area contributed by atoms with Crippen molar-refractivity contribution in [3.05, 3.63) is 0 Å². The van der Waals surface area contributed by atoms with Crippen LogP contribution in [0.3, 0.4) is 0 Å². The fourth-order valence-corrected chi connectivity index (χ4v) is 3.62. The second-order valence-corrected chi connectivity index (χ2v) is 8.61. The molecule has 1 atom stereocenters. The zero-order chi connectivity index (χ0) is 22.2.